The maximum atomic E-state index is 11.2. The average Bonchev–Trinajstić information content (AvgIpc) is 2.32. The molecule has 0 aliphatic rings. The first kappa shape index (κ1) is 10.2. The first-order chi connectivity index (χ1) is 5.41. The topological polar surface area (TPSA) is 22.0 Å². The van der Waals surface area contributed by atoms with Crippen molar-refractivity contribution in [1.82, 2.24) is 4.57 Å². The highest BCUT2D eigenvalue weighted by molar-refractivity contribution is 6.76. The molecule has 0 atom stereocenters. The molecular weight excluding hydrogens is 244 g/mol. The maximum Gasteiger partial charge on any atom is 0.283 e. The van der Waals surface area contributed by atoms with Crippen molar-refractivity contribution < 1.29 is 4.79 Å². The highest BCUT2D eigenvalue weighted by Gasteiger charge is 2.31. The van der Waals surface area contributed by atoms with E-state index in [4.69, 9.17) is 46.4 Å². The van der Waals surface area contributed by atoms with Crippen LogP contribution >= 0.6 is 46.4 Å². The molecule has 1 aromatic rings. The standard InChI is InChI=1S/C6H2Cl4NO/c7-4-1-2-11(3-4)5(12)6(8,9)10/h1,3H. The number of halogens is 4. The Morgan fingerprint density at radius 1 is 1.50 bits per heavy atom. The third kappa shape index (κ3) is 2.30. The Labute approximate surface area is 89.0 Å². The number of alkyl halides is 3. The summed E-state index contributed by atoms with van der Waals surface area (Å²) in [4.78, 5) is 11.2. The van der Waals surface area contributed by atoms with Gasteiger partial charge in [0.1, 0.15) is 0 Å². The second-order valence-electron chi connectivity index (χ2n) is 1.96. The smallest absolute Gasteiger partial charge is 0.280 e. The molecule has 0 aliphatic heterocycles. The molecule has 0 unspecified atom stereocenters. The summed E-state index contributed by atoms with van der Waals surface area (Å²) in [6.45, 7) is 0. The molecule has 1 aromatic heterocycles. The van der Waals surface area contributed by atoms with Gasteiger partial charge in [0, 0.05) is 6.20 Å². The van der Waals surface area contributed by atoms with Crippen LogP contribution in [0.4, 0.5) is 0 Å². The van der Waals surface area contributed by atoms with E-state index in [0.29, 0.717) is 5.02 Å². The summed E-state index contributed by atoms with van der Waals surface area (Å²) in [5, 5.41) is 0.359. The van der Waals surface area contributed by atoms with Crippen molar-refractivity contribution in [3.05, 3.63) is 23.5 Å². The van der Waals surface area contributed by atoms with E-state index in [0.717, 1.165) is 4.57 Å². The fraction of sp³-hybridized carbons (Fsp3) is 0.167. The monoisotopic (exact) mass is 244 g/mol. The average molecular weight is 246 g/mol. The third-order valence-electron chi connectivity index (χ3n) is 1.06. The number of nitrogens with zero attached hydrogens (tertiary/aromatic N) is 1. The largest absolute Gasteiger partial charge is 0.283 e. The number of aromatic nitrogens is 1. The highest BCUT2D eigenvalue weighted by Crippen LogP contribution is 2.28. The van der Waals surface area contributed by atoms with E-state index in [2.05, 4.69) is 6.20 Å². The SMILES string of the molecule is O=C(n1[c]cc(Cl)c1)C(Cl)(Cl)Cl. The zero-order valence-corrected chi connectivity index (χ0v) is 8.55. The van der Waals surface area contributed by atoms with Crippen LogP contribution in [-0.4, -0.2) is 14.3 Å². The molecular formula is C6H2Cl4NO. The van der Waals surface area contributed by atoms with Crippen LogP contribution in [0.5, 0.6) is 0 Å². The normalized spacial score (nSPS) is 11.7. The van der Waals surface area contributed by atoms with E-state index in [1.165, 1.54) is 12.3 Å². The number of hydrogen-bond donors (Lipinski definition) is 0. The molecule has 0 N–H and O–H groups in total. The van der Waals surface area contributed by atoms with E-state index < -0.39 is 9.70 Å². The number of carbonyl (C=O) groups excluding carboxylic acids is 1. The molecule has 0 aromatic carbocycles. The van der Waals surface area contributed by atoms with Crippen LogP contribution in [0.3, 0.4) is 0 Å². The van der Waals surface area contributed by atoms with Crippen LogP contribution in [0.15, 0.2) is 12.3 Å². The predicted molar refractivity (Wildman–Crippen MR) is 49.2 cm³/mol. The van der Waals surface area contributed by atoms with E-state index in [9.17, 15) is 4.79 Å². The Bertz CT molecular complexity index is 301. The molecule has 6 heteroatoms. The molecule has 0 saturated carbocycles. The van der Waals surface area contributed by atoms with E-state index in [-0.39, 0.29) is 0 Å². The Hall–Kier alpha value is 0.110. The molecule has 1 heterocycles. The van der Waals surface area contributed by atoms with Gasteiger partial charge in [-0.15, -0.1) is 0 Å². The quantitative estimate of drug-likeness (QED) is 0.645. The van der Waals surface area contributed by atoms with Crippen LogP contribution in [0.2, 0.25) is 5.02 Å². The molecule has 0 bridgehead atoms. The summed E-state index contributed by atoms with van der Waals surface area (Å²) in [7, 11) is 0. The van der Waals surface area contributed by atoms with E-state index in [1.807, 2.05) is 0 Å². The van der Waals surface area contributed by atoms with Gasteiger partial charge in [0.05, 0.1) is 11.2 Å². The zero-order chi connectivity index (χ0) is 9.35. The van der Waals surface area contributed by atoms with Gasteiger partial charge in [-0.1, -0.05) is 46.4 Å². The van der Waals surface area contributed by atoms with Gasteiger partial charge in [-0.3, -0.25) is 9.36 Å². The highest BCUT2D eigenvalue weighted by atomic mass is 35.6. The molecule has 0 spiro atoms. The first-order valence-corrected chi connectivity index (χ1v) is 4.29. The summed E-state index contributed by atoms with van der Waals surface area (Å²) in [5.74, 6) is -0.709. The van der Waals surface area contributed by atoms with Gasteiger partial charge in [-0.2, -0.15) is 0 Å². The molecule has 0 amide bonds. The number of carbonyl (C=O) groups is 1. The molecule has 2 nitrogen and oxygen atoms in total. The van der Waals surface area contributed by atoms with Crippen molar-refractivity contribution in [2.24, 2.45) is 0 Å². The number of rotatable bonds is 0. The van der Waals surface area contributed by atoms with Crippen LogP contribution in [0.1, 0.15) is 4.79 Å². The van der Waals surface area contributed by atoms with Crippen molar-refractivity contribution in [3.63, 3.8) is 0 Å². The third-order valence-corrected chi connectivity index (χ3v) is 1.75. The lowest BCUT2D eigenvalue weighted by Crippen LogP contribution is -2.24. The van der Waals surface area contributed by atoms with Gasteiger partial charge < -0.3 is 0 Å². The van der Waals surface area contributed by atoms with Gasteiger partial charge in [0.2, 0.25) is 0 Å². The Morgan fingerprint density at radius 2 is 2.08 bits per heavy atom. The van der Waals surface area contributed by atoms with E-state index >= 15 is 0 Å². The second-order valence-corrected chi connectivity index (χ2v) is 4.68. The minimum atomic E-state index is -1.97. The summed E-state index contributed by atoms with van der Waals surface area (Å²) in [5.41, 5.74) is 0. The van der Waals surface area contributed by atoms with Gasteiger partial charge in [0.15, 0.2) is 0 Å². The predicted octanol–water partition coefficient (Wildman–Crippen LogP) is 2.95. The molecule has 12 heavy (non-hydrogen) atoms. The van der Waals surface area contributed by atoms with Gasteiger partial charge in [-0.05, 0) is 6.07 Å². The number of hydrogen-bond acceptors (Lipinski definition) is 1. The zero-order valence-electron chi connectivity index (χ0n) is 5.52. The van der Waals surface area contributed by atoms with Crippen molar-refractivity contribution in [2.75, 3.05) is 0 Å². The fourth-order valence-electron chi connectivity index (χ4n) is 0.583. The lowest BCUT2D eigenvalue weighted by atomic mass is 10.6. The second kappa shape index (κ2) is 3.46. The van der Waals surface area contributed by atoms with Gasteiger partial charge >= 0.3 is 0 Å². The lowest BCUT2D eigenvalue weighted by Gasteiger charge is -2.08. The summed E-state index contributed by atoms with van der Waals surface area (Å²) < 4.78 is -0.978. The molecule has 1 rings (SSSR count). The first-order valence-electron chi connectivity index (χ1n) is 2.78. The van der Waals surface area contributed by atoms with Crippen molar-refractivity contribution in [1.29, 1.82) is 0 Å². The summed E-state index contributed by atoms with van der Waals surface area (Å²) >= 11 is 21.5. The molecule has 0 fully saturated rings. The summed E-state index contributed by atoms with van der Waals surface area (Å²) in [6.07, 6.45) is 3.80. The van der Waals surface area contributed by atoms with Crippen LogP contribution < -0.4 is 0 Å². The van der Waals surface area contributed by atoms with Crippen LogP contribution in [0.25, 0.3) is 0 Å². The molecule has 65 valence electrons. The summed E-state index contributed by atoms with van der Waals surface area (Å²) in [6, 6.07) is 1.40. The van der Waals surface area contributed by atoms with Crippen LogP contribution in [0, 0.1) is 6.20 Å². The van der Waals surface area contributed by atoms with Crippen molar-refractivity contribution in [3.8, 4) is 0 Å². The van der Waals surface area contributed by atoms with Crippen LogP contribution in [-0.2, 0) is 0 Å². The Kier molecular flexibility index (Phi) is 2.94. The Balaban J connectivity index is 2.93. The van der Waals surface area contributed by atoms with E-state index in [1.54, 1.807) is 0 Å². The minimum absolute atomic E-state index is 0.359. The maximum absolute atomic E-state index is 11.2. The van der Waals surface area contributed by atoms with Gasteiger partial charge in [0.25, 0.3) is 9.70 Å². The molecule has 0 aliphatic carbocycles. The van der Waals surface area contributed by atoms with Crippen molar-refractivity contribution >= 4 is 52.3 Å². The lowest BCUT2D eigenvalue weighted by molar-refractivity contribution is 0.0917. The fourth-order valence-corrected chi connectivity index (χ4v) is 1.00. The van der Waals surface area contributed by atoms with Crippen molar-refractivity contribution in [2.45, 2.75) is 3.79 Å². The Morgan fingerprint density at radius 3 is 2.42 bits per heavy atom. The van der Waals surface area contributed by atoms with Gasteiger partial charge in [-0.25, -0.2) is 0 Å². The minimum Gasteiger partial charge on any atom is -0.280 e. The molecule has 1 radical (unpaired) electrons. The molecule has 0 saturated heterocycles.